The number of aromatic nitrogens is 1. The Morgan fingerprint density at radius 1 is 1.03 bits per heavy atom. The van der Waals surface area contributed by atoms with E-state index in [4.69, 9.17) is 5.11 Å². The Labute approximate surface area is 197 Å². The fraction of sp³-hybridized carbons (Fsp3) is 0.423. The van der Waals surface area contributed by atoms with Crippen molar-refractivity contribution in [3.8, 4) is 11.3 Å². The van der Waals surface area contributed by atoms with Crippen molar-refractivity contribution < 1.29 is 23.1 Å². The maximum atomic E-state index is 13.5. The molecular formula is C26H30F3N3O2. The zero-order valence-corrected chi connectivity index (χ0v) is 19.2. The summed E-state index contributed by atoms with van der Waals surface area (Å²) >= 11 is 0. The first kappa shape index (κ1) is 24.3. The number of halogens is 3. The van der Waals surface area contributed by atoms with Gasteiger partial charge in [0.05, 0.1) is 12.1 Å². The summed E-state index contributed by atoms with van der Waals surface area (Å²) in [5.41, 5.74) is 1.58. The molecule has 2 aromatic carbocycles. The second kappa shape index (κ2) is 10.6. The van der Waals surface area contributed by atoms with Crippen LogP contribution in [0.5, 0.6) is 0 Å². The average Bonchev–Trinajstić information content (AvgIpc) is 3.23. The first-order valence-corrected chi connectivity index (χ1v) is 11.7. The van der Waals surface area contributed by atoms with Crippen molar-refractivity contribution in [2.75, 3.05) is 32.8 Å². The van der Waals surface area contributed by atoms with Crippen molar-refractivity contribution in [1.82, 2.24) is 14.8 Å². The third-order valence-electron chi connectivity index (χ3n) is 6.77. The number of aliphatic hydroxyl groups is 1. The number of rotatable bonds is 4. The number of nitrogens with one attached hydrogen (secondary N) is 1. The molecule has 2 heterocycles. The number of hydrogen-bond donors (Lipinski definition) is 2. The van der Waals surface area contributed by atoms with Gasteiger partial charge in [0.1, 0.15) is 17.5 Å². The Morgan fingerprint density at radius 3 is 2.29 bits per heavy atom. The lowest BCUT2D eigenvalue weighted by Crippen LogP contribution is -2.53. The molecule has 0 bridgehead atoms. The number of piperazine rings is 1. The fourth-order valence-corrected chi connectivity index (χ4v) is 4.36. The van der Waals surface area contributed by atoms with Gasteiger partial charge in [-0.3, -0.25) is 9.69 Å². The summed E-state index contributed by atoms with van der Waals surface area (Å²) < 4.78 is 39.4. The van der Waals surface area contributed by atoms with Crippen molar-refractivity contribution in [2.24, 2.45) is 5.92 Å². The molecule has 1 amide bonds. The molecule has 8 heteroatoms. The van der Waals surface area contributed by atoms with Crippen LogP contribution in [0, 0.1) is 23.4 Å². The molecule has 3 aromatic rings. The Morgan fingerprint density at radius 2 is 1.71 bits per heavy atom. The number of hydrogen-bond acceptors (Lipinski definition) is 3. The van der Waals surface area contributed by atoms with Gasteiger partial charge in [-0.15, -0.1) is 0 Å². The van der Waals surface area contributed by atoms with Crippen molar-refractivity contribution in [3.63, 3.8) is 0 Å². The fourth-order valence-electron chi connectivity index (χ4n) is 4.36. The van der Waals surface area contributed by atoms with Crippen molar-refractivity contribution in [2.45, 2.75) is 32.2 Å². The molecule has 2 fully saturated rings. The quantitative estimate of drug-likeness (QED) is 0.584. The molecule has 1 aliphatic carbocycles. The summed E-state index contributed by atoms with van der Waals surface area (Å²) in [4.78, 5) is 19.1. The number of carbonyl (C=O) groups excluding carboxylic acids is 1. The summed E-state index contributed by atoms with van der Waals surface area (Å²) in [5, 5.41) is 9.53. The number of aromatic amines is 1. The van der Waals surface area contributed by atoms with E-state index in [0.29, 0.717) is 28.5 Å². The predicted molar refractivity (Wildman–Crippen MR) is 126 cm³/mol. The standard InChI is InChI=1S/C14H8F3N.C12H22N2O2/c15-10-3-1-8(2-4-10)13-6-9-5-11(16)7-12(17)14(9)18-13;1-10(9-15)13-5-7-14(8-6-13)12(16)11-3-2-4-11/h1-7,18H;10-11,15H,2-9H2,1H3. The van der Waals surface area contributed by atoms with Crippen LogP contribution >= 0.6 is 0 Å². The van der Waals surface area contributed by atoms with Crippen LogP contribution in [0.1, 0.15) is 26.2 Å². The molecule has 1 atom stereocenters. The number of H-pyrrole nitrogens is 1. The lowest BCUT2D eigenvalue weighted by atomic mass is 9.84. The molecule has 2 aliphatic rings. The molecule has 5 nitrogen and oxygen atoms in total. The van der Waals surface area contributed by atoms with Gasteiger partial charge in [0.2, 0.25) is 5.91 Å². The number of aliphatic hydroxyl groups excluding tert-OH is 1. The maximum Gasteiger partial charge on any atom is 0.225 e. The van der Waals surface area contributed by atoms with Crippen molar-refractivity contribution in [1.29, 1.82) is 0 Å². The molecule has 5 rings (SSSR count). The normalized spacial score (nSPS) is 17.7. The molecule has 0 radical (unpaired) electrons. The van der Waals surface area contributed by atoms with Gasteiger partial charge in [-0.2, -0.15) is 0 Å². The smallest absolute Gasteiger partial charge is 0.225 e. The van der Waals surface area contributed by atoms with E-state index < -0.39 is 11.6 Å². The molecular weight excluding hydrogens is 443 g/mol. The third kappa shape index (κ3) is 5.45. The van der Waals surface area contributed by atoms with Crippen LogP contribution in [0.2, 0.25) is 0 Å². The van der Waals surface area contributed by atoms with Crippen LogP contribution in [-0.2, 0) is 4.79 Å². The van der Waals surface area contributed by atoms with Crippen LogP contribution in [0.3, 0.4) is 0 Å². The van der Waals surface area contributed by atoms with Crippen molar-refractivity contribution >= 4 is 16.8 Å². The van der Waals surface area contributed by atoms with Gasteiger partial charge in [0, 0.05) is 55.3 Å². The zero-order valence-electron chi connectivity index (χ0n) is 19.2. The van der Waals surface area contributed by atoms with E-state index >= 15 is 0 Å². The van der Waals surface area contributed by atoms with E-state index in [1.807, 2.05) is 11.8 Å². The maximum absolute atomic E-state index is 13.5. The van der Waals surface area contributed by atoms with Crippen LogP contribution in [0.4, 0.5) is 13.2 Å². The summed E-state index contributed by atoms with van der Waals surface area (Å²) in [7, 11) is 0. The monoisotopic (exact) mass is 473 g/mol. The van der Waals surface area contributed by atoms with Gasteiger partial charge >= 0.3 is 0 Å². The first-order chi connectivity index (χ1) is 16.4. The number of benzene rings is 2. The van der Waals surface area contributed by atoms with Gasteiger partial charge in [-0.1, -0.05) is 6.42 Å². The summed E-state index contributed by atoms with van der Waals surface area (Å²) in [6.45, 7) is 5.71. The minimum Gasteiger partial charge on any atom is -0.395 e. The van der Waals surface area contributed by atoms with Gasteiger partial charge in [0.15, 0.2) is 0 Å². The van der Waals surface area contributed by atoms with Crippen molar-refractivity contribution in [3.05, 3.63) is 59.9 Å². The average molecular weight is 474 g/mol. The highest BCUT2D eigenvalue weighted by atomic mass is 19.1. The largest absolute Gasteiger partial charge is 0.395 e. The lowest BCUT2D eigenvalue weighted by Gasteiger charge is -2.40. The molecule has 2 N–H and O–H groups in total. The van der Waals surface area contributed by atoms with Crippen LogP contribution in [0.25, 0.3) is 22.2 Å². The van der Waals surface area contributed by atoms with Gasteiger partial charge in [-0.25, -0.2) is 13.2 Å². The van der Waals surface area contributed by atoms with E-state index in [-0.39, 0.29) is 24.0 Å². The number of fused-ring (bicyclic) bond motifs is 1. The Hall–Kier alpha value is -2.84. The van der Waals surface area contributed by atoms with Crippen LogP contribution in [-0.4, -0.2) is 64.6 Å². The molecule has 1 unspecified atom stereocenters. The summed E-state index contributed by atoms with van der Waals surface area (Å²) in [6.07, 6.45) is 3.40. The zero-order chi connectivity index (χ0) is 24.2. The summed E-state index contributed by atoms with van der Waals surface area (Å²) in [5.74, 6) is -0.917. The Balaban J connectivity index is 0.000000162. The van der Waals surface area contributed by atoms with Crippen LogP contribution < -0.4 is 0 Å². The highest BCUT2D eigenvalue weighted by molar-refractivity contribution is 5.86. The van der Waals surface area contributed by atoms with E-state index in [1.165, 1.54) is 24.6 Å². The number of carbonyl (C=O) groups is 1. The number of nitrogens with zero attached hydrogens (tertiary/aromatic N) is 2. The molecule has 1 saturated carbocycles. The summed E-state index contributed by atoms with van der Waals surface area (Å²) in [6, 6.07) is 9.73. The molecule has 182 valence electrons. The second-order valence-corrected chi connectivity index (χ2v) is 9.06. The minimum atomic E-state index is -0.640. The molecule has 1 aromatic heterocycles. The Bertz CT molecular complexity index is 1120. The van der Waals surface area contributed by atoms with E-state index in [2.05, 4.69) is 9.88 Å². The van der Waals surface area contributed by atoms with E-state index in [1.54, 1.807) is 18.2 Å². The van der Waals surface area contributed by atoms with E-state index in [9.17, 15) is 18.0 Å². The second-order valence-electron chi connectivity index (χ2n) is 9.06. The van der Waals surface area contributed by atoms with Gasteiger partial charge < -0.3 is 15.0 Å². The van der Waals surface area contributed by atoms with E-state index in [0.717, 1.165) is 45.1 Å². The third-order valence-corrected chi connectivity index (χ3v) is 6.77. The predicted octanol–water partition coefficient (Wildman–Crippen LogP) is 4.56. The minimum absolute atomic E-state index is 0.205. The topological polar surface area (TPSA) is 59.6 Å². The molecule has 34 heavy (non-hydrogen) atoms. The lowest BCUT2D eigenvalue weighted by molar-refractivity contribution is -0.140. The molecule has 1 saturated heterocycles. The highest BCUT2D eigenvalue weighted by Gasteiger charge is 2.31. The number of amides is 1. The van der Waals surface area contributed by atoms with Gasteiger partial charge in [-0.05, 0) is 61.7 Å². The van der Waals surface area contributed by atoms with Crippen LogP contribution in [0.15, 0.2) is 42.5 Å². The highest BCUT2D eigenvalue weighted by Crippen LogP contribution is 2.29. The SMILES string of the molecule is CC(CO)N1CCN(C(=O)C2CCC2)CC1.Fc1ccc(-c2cc3cc(F)cc(F)c3[nH]2)cc1. The molecule has 0 spiro atoms. The van der Waals surface area contributed by atoms with Gasteiger partial charge in [0.25, 0.3) is 0 Å². The molecule has 1 aliphatic heterocycles. The Kier molecular flexibility index (Phi) is 7.58. The first-order valence-electron chi connectivity index (χ1n) is 11.7.